The van der Waals surface area contributed by atoms with E-state index in [-0.39, 0.29) is 41.9 Å². The first kappa shape index (κ1) is 42.9. The molecule has 2 amide bonds. The number of hydrogen-bond acceptors (Lipinski definition) is 11. The fourth-order valence-corrected chi connectivity index (χ4v) is 11.0. The fourth-order valence-electron chi connectivity index (χ4n) is 8.78. The van der Waals surface area contributed by atoms with Crippen molar-refractivity contribution >= 4 is 68.1 Å². The van der Waals surface area contributed by atoms with Gasteiger partial charge in [-0.05, 0) is 98.2 Å². The van der Waals surface area contributed by atoms with Gasteiger partial charge in [0.2, 0.25) is 0 Å². The highest BCUT2D eigenvalue weighted by atomic mass is 33.1. The van der Waals surface area contributed by atoms with Crippen LogP contribution < -0.4 is 39.0 Å². The molecule has 0 aliphatic carbocycles. The van der Waals surface area contributed by atoms with Gasteiger partial charge in [0.15, 0.2) is 23.0 Å². The molecule has 0 spiro atoms. The minimum atomic E-state index is -0.163. The summed E-state index contributed by atoms with van der Waals surface area (Å²) in [5.41, 5.74) is 9.12. The van der Waals surface area contributed by atoms with Crippen LogP contribution in [0.1, 0.15) is 63.7 Å². The molecule has 0 aromatic heterocycles. The van der Waals surface area contributed by atoms with Crippen LogP contribution in [0.5, 0.6) is 23.0 Å². The Hall–Kier alpha value is -5.79. The average molecular weight is 872 g/mol. The summed E-state index contributed by atoms with van der Waals surface area (Å²) >= 11 is 0. The van der Waals surface area contributed by atoms with Gasteiger partial charge in [-0.15, -0.1) is 0 Å². The van der Waals surface area contributed by atoms with E-state index < -0.39 is 0 Å². The van der Waals surface area contributed by atoms with Crippen molar-refractivity contribution in [2.75, 3.05) is 61.1 Å². The number of fused-ring (bicyclic) bond motifs is 5. The van der Waals surface area contributed by atoms with E-state index in [0.29, 0.717) is 51.9 Å². The Morgan fingerprint density at radius 2 is 1.48 bits per heavy atom. The lowest BCUT2D eigenvalue weighted by atomic mass is 10.1. The SMILES string of the molecule is CNc1cc(OCc2cc(COc3cc4c(cc3OC)C(=O)N3c5ccccc5C[C@H]3C=N4)cc(N(C)CC(C)(C)SSC)c2)c(OC)cc1C(=O)N1c2ccccc2CC1C. The van der Waals surface area contributed by atoms with E-state index in [1.54, 1.807) is 50.3 Å². The predicted molar refractivity (Wildman–Crippen MR) is 254 cm³/mol. The molecule has 322 valence electrons. The summed E-state index contributed by atoms with van der Waals surface area (Å²) in [6, 6.07) is 29.4. The number of amides is 2. The van der Waals surface area contributed by atoms with Crippen LogP contribution in [0, 0.1) is 0 Å². The zero-order chi connectivity index (χ0) is 43.7. The molecule has 3 heterocycles. The molecule has 11 nitrogen and oxygen atoms in total. The number of hydrogen-bond donors (Lipinski definition) is 1. The Balaban J connectivity index is 1.06. The lowest BCUT2D eigenvalue weighted by molar-refractivity contribution is 0.0976. The maximum atomic E-state index is 14.2. The number of nitrogens with one attached hydrogen (secondary N) is 1. The quantitative estimate of drug-likeness (QED) is 0.102. The molecule has 3 aliphatic heterocycles. The Kier molecular flexibility index (Phi) is 12.4. The number of anilines is 4. The molecule has 0 saturated heterocycles. The van der Waals surface area contributed by atoms with E-state index in [4.69, 9.17) is 23.9 Å². The van der Waals surface area contributed by atoms with E-state index in [1.165, 1.54) is 0 Å². The van der Waals surface area contributed by atoms with Gasteiger partial charge in [-0.3, -0.25) is 19.5 Å². The van der Waals surface area contributed by atoms with Crippen molar-refractivity contribution in [1.82, 2.24) is 0 Å². The predicted octanol–water partition coefficient (Wildman–Crippen LogP) is 10.0. The van der Waals surface area contributed by atoms with Crippen molar-refractivity contribution in [3.05, 3.63) is 124 Å². The third kappa shape index (κ3) is 8.52. The van der Waals surface area contributed by atoms with Crippen molar-refractivity contribution in [2.24, 2.45) is 4.99 Å². The third-order valence-corrected chi connectivity index (χ3v) is 14.2. The number of para-hydroxylation sites is 2. The maximum Gasteiger partial charge on any atom is 0.261 e. The molecule has 2 atom stereocenters. The number of ether oxygens (including phenoxy) is 4. The van der Waals surface area contributed by atoms with E-state index >= 15 is 0 Å². The van der Waals surface area contributed by atoms with Gasteiger partial charge < -0.3 is 34.1 Å². The van der Waals surface area contributed by atoms with Gasteiger partial charge in [-0.25, -0.2) is 0 Å². The lowest BCUT2D eigenvalue weighted by Gasteiger charge is -2.31. The second-order valence-electron chi connectivity index (χ2n) is 16.5. The van der Waals surface area contributed by atoms with Crippen LogP contribution in [0.2, 0.25) is 0 Å². The maximum absolute atomic E-state index is 14.2. The molecule has 0 bridgehead atoms. The fraction of sp³-hybridized carbons (Fsp3) is 0.327. The van der Waals surface area contributed by atoms with Crippen LogP contribution in [-0.4, -0.2) is 76.0 Å². The Labute approximate surface area is 372 Å². The summed E-state index contributed by atoms with van der Waals surface area (Å²) in [5.74, 6) is 1.68. The summed E-state index contributed by atoms with van der Waals surface area (Å²) < 4.78 is 24.7. The summed E-state index contributed by atoms with van der Waals surface area (Å²) in [7, 11) is 10.7. The number of nitrogens with zero attached hydrogens (tertiary/aromatic N) is 4. The number of aliphatic imine (C=N–C) groups is 1. The zero-order valence-electron chi connectivity index (χ0n) is 36.5. The summed E-state index contributed by atoms with van der Waals surface area (Å²) in [5, 5.41) is 3.22. The molecule has 13 heteroatoms. The molecular formula is C49H53N5O6S2. The van der Waals surface area contributed by atoms with Crippen LogP contribution in [0.25, 0.3) is 0 Å². The van der Waals surface area contributed by atoms with Crippen molar-refractivity contribution < 1.29 is 28.5 Å². The molecule has 0 fully saturated rings. The average Bonchev–Trinajstić information content (AvgIpc) is 3.78. The largest absolute Gasteiger partial charge is 0.493 e. The monoisotopic (exact) mass is 871 g/mol. The van der Waals surface area contributed by atoms with E-state index in [1.807, 2.05) is 69.3 Å². The Morgan fingerprint density at radius 1 is 0.855 bits per heavy atom. The Morgan fingerprint density at radius 3 is 2.15 bits per heavy atom. The molecule has 5 aromatic carbocycles. The van der Waals surface area contributed by atoms with Crippen molar-refractivity contribution in [3.8, 4) is 23.0 Å². The van der Waals surface area contributed by atoms with Crippen LogP contribution in [0.3, 0.4) is 0 Å². The molecule has 5 aromatic rings. The van der Waals surface area contributed by atoms with Gasteiger partial charge in [0, 0.05) is 73.3 Å². The summed E-state index contributed by atoms with van der Waals surface area (Å²) in [4.78, 5) is 38.9. The van der Waals surface area contributed by atoms with Gasteiger partial charge in [-0.2, -0.15) is 0 Å². The van der Waals surface area contributed by atoms with Crippen LogP contribution in [0.4, 0.5) is 28.4 Å². The zero-order valence-corrected chi connectivity index (χ0v) is 38.1. The van der Waals surface area contributed by atoms with Crippen LogP contribution in [0.15, 0.2) is 96.0 Å². The normalized spacial score (nSPS) is 16.2. The van der Waals surface area contributed by atoms with Crippen molar-refractivity contribution in [2.45, 2.75) is 63.7 Å². The number of benzene rings is 5. The van der Waals surface area contributed by atoms with Crippen LogP contribution in [-0.2, 0) is 26.1 Å². The van der Waals surface area contributed by atoms with Gasteiger partial charge >= 0.3 is 0 Å². The summed E-state index contributed by atoms with van der Waals surface area (Å²) in [6.45, 7) is 7.79. The van der Waals surface area contributed by atoms with Gasteiger partial charge in [0.1, 0.15) is 13.2 Å². The number of carbonyl (C=O) groups excluding carboxylic acids is 2. The topological polar surface area (TPSA) is 105 Å². The molecule has 0 radical (unpaired) electrons. The first-order valence-electron chi connectivity index (χ1n) is 20.7. The van der Waals surface area contributed by atoms with Gasteiger partial charge in [-0.1, -0.05) is 58.0 Å². The second-order valence-corrected chi connectivity index (χ2v) is 19.6. The molecule has 0 saturated carbocycles. The third-order valence-electron chi connectivity index (χ3n) is 11.6. The van der Waals surface area contributed by atoms with Gasteiger partial charge in [0.05, 0.1) is 42.8 Å². The van der Waals surface area contributed by atoms with Gasteiger partial charge in [0.25, 0.3) is 11.8 Å². The van der Waals surface area contributed by atoms with Crippen LogP contribution >= 0.6 is 21.6 Å². The first-order chi connectivity index (χ1) is 29.9. The minimum Gasteiger partial charge on any atom is -0.493 e. The molecule has 1 unspecified atom stereocenters. The first-order valence-corrected chi connectivity index (χ1v) is 23.3. The number of rotatable bonds is 15. The lowest BCUT2D eigenvalue weighted by Crippen LogP contribution is -2.37. The highest BCUT2D eigenvalue weighted by Gasteiger charge is 2.37. The van der Waals surface area contributed by atoms with Crippen molar-refractivity contribution in [1.29, 1.82) is 0 Å². The molecular weight excluding hydrogens is 819 g/mol. The van der Waals surface area contributed by atoms with E-state index in [0.717, 1.165) is 52.3 Å². The highest BCUT2D eigenvalue weighted by Crippen LogP contribution is 2.43. The second kappa shape index (κ2) is 17.9. The molecule has 3 aliphatic rings. The summed E-state index contributed by atoms with van der Waals surface area (Å²) in [6.07, 6.45) is 5.47. The molecule has 62 heavy (non-hydrogen) atoms. The molecule has 1 N–H and O–H groups in total. The number of methoxy groups -OCH3 is 2. The van der Waals surface area contributed by atoms with E-state index in [2.05, 4.69) is 74.6 Å². The standard InChI is InChI=1S/C49H53N5O6S2/c1-30-17-33-13-9-11-15-41(33)53(30)47(55)37-22-43(57-6)45(24-39(37)50-4)59-27-31-18-32(20-35(19-31)52(5)29-49(2,3)62-61-8)28-60-46-25-40-38(23-44(46)58-7)48(56)54-36(26-51-40)21-34-14-10-12-16-42(34)54/h9-16,18-20,22-26,30,36,50H,17,21,27-29H2,1-8H3/t30?,36-/m0/s1. The van der Waals surface area contributed by atoms with E-state index in [9.17, 15) is 9.59 Å². The minimum absolute atomic E-state index is 0.0206. The number of carbonyl (C=O) groups is 2. The highest BCUT2D eigenvalue weighted by molar-refractivity contribution is 8.77. The molecule has 8 rings (SSSR count). The smallest absolute Gasteiger partial charge is 0.261 e. The van der Waals surface area contributed by atoms with Crippen molar-refractivity contribution in [3.63, 3.8) is 0 Å². The Bertz CT molecular complexity index is 2550.